The van der Waals surface area contributed by atoms with E-state index in [1.807, 2.05) is 26.0 Å². The molecule has 0 aliphatic rings. The monoisotopic (exact) mass is 285 g/mol. The molecule has 0 amide bonds. The van der Waals surface area contributed by atoms with Crippen molar-refractivity contribution in [2.24, 2.45) is 0 Å². The Labute approximate surface area is 126 Å². The van der Waals surface area contributed by atoms with Crippen LogP contribution >= 0.6 is 0 Å². The number of aliphatic hydroxyl groups excluding tert-OH is 1. The number of hydrogen-bond acceptors (Lipinski definition) is 3. The van der Waals surface area contributed by atoms with Crippen molar-refractivity contribution in [3.8, 4) is 11.5 Å². The highest BCUT2D eigenvalue weighted by Gasteiger charge is 2.15. The van der Waals surface area contributed by atoms with E-state index >= 15 is 0 Å². The normalized spacial score (nSPS) is 11.5. The molecule has 2 aromatic rings. The number of aliphatic hydroxyl groups is 1. The van der Waals surface area contributed by atoms with Crippen LogP contribution < -0.4 is 4.74 Å². The zero-order valence-electron chi connectivity index (χ0n) is 13.4. The van der Waals surface area contributed by atoms with Gasteiger partial charge in [0.15, 0.2) is 0 Å². The van der Waals surface area contributed by atoms with Gasteiger partial charge < -0.3 is 9.84 Å². The Kier molecular flexibility index (Phi) is 4.33. The van der Waals surface area contributed by atoms with E-state index in [2.05, 4.69) is 37.9 Å². The predicted molar refractivity (Wildman–Crippen MR) is 84.8 cm³/mol. The predicted octanol–water partition coefficient (Wildman–Crippen LogP) is 4.28. The second kappa shape index (κ2) is 5.86. The first-order valence-electron chi connectivity index (χ1n) is 7.16. The minimum absolute atomic E-state index is 0.0816. The van der Waals surface area contributed by atoms with Crippen LogP contribution in [0.1, 0.15) is 43.2 Å². The van der Waals surface area contributed by atoms with Gasteiger partial charge in [0.05, 0.1) is 6.61 Å². The number of aromatic nitrogens is 1. The van der Waals surface area contributed by atoms with Gasteiger partial charge in [-0.2, -0.15) is 0 Å². The van der Waals surface area contributed by atoms with Crippen molar-refractivity contribution in [3.63, 3.8) is 0 Å². The zero-order valence-corrected chi connectivity index (χ0v) is 13.4. The van der Waals surface area contributed by atoms with Crippen molar-refractivity contribution < 1.29 is 9.84 Å². The summed E-state index contributed by atoms with van der Waals surface area (Å²) in [5.41, 5.74) is 4.04. The van der Waals surface area contributed by atoms with Gasteiger partial charge in [-0.15, -0.1) is 0 Å². The molecule has 1 aromatic carbocycles. The van der Waals surface area contributed by atoms with E-state index in [1.54, 1.807) is 6.20 Å². The molecular weight excluding hydrogens is 262 g/mol. The number of pyridine rings is 1. The van der Waals surface area contributed by atoms with Crippen LogP contribution in [0.25, 0.3) is 0 Å². The smallest absolute Gasteiger partial charge is 0.136 e. The molecule has 0 bridgehead atoms. The molecule has 0 aliphatic heterocycles. The Morgan fingerprint density at radius 2 is 1.81 bits per heavy atom. The fourth-order valence-electron chi connectivity index (χ4n) is 2.13. The quantitative estimate of drug-likeness (QED) is 0.915. The van der Waals surface area contributed by atoms with Gasteiger partial charge in [0.2, 0.25) is 0 Å². The zero-order chi connectivity index (χ0) is 15.6. The number of rotatable bonds is 3. The Bertz CT molecular complexity index is 642. The molecule has 0 atom stereocenters. The molecule has 0 fully saturated rings. The molecule has 3 heteroatoms. The van der Waals surface area contributed by atoms with E-state index in [0.717, 1.165) is 17.0 Å². The van der Waals surface area contributed by atoms with Crippen LogP contribution in [0.2, 0.25) is 0 Å². The van der Waals surface area contributed by atoms with Crippen LogP contribution in [0.5, 0.6) is 11.5 Å². The van der Waals surface area contributed by atoms with E-state index in [1.165, 1.54) is 5.56 Å². The molecule has 3 nitrogen and oxygen atoms in total. The van der Waals surface area contributed by atoms with E-state index in [-0.39, 0.29) is 12.0 Å². The van der Waals surface area contributed by atoms with Crippen molar-refractivity contribution in [1.82, 2.24) is 4.98 Å². The Morgan fingerprint density at radius 1 is 1.10 bits per heavy atom. The third-order valence-corrected chi connectivity index (χ3v) is 3.51. The molecule has 112 valence electrons. The first kappa shape index (κ1) is 15.5. The summed E-state index contributed by atoms with van der Waals surface area (Å²) in [5, 5.41) is 9.39. The Balaban J connectivity index is 2.34. The van der Waals surface area contributed by atoms with Gasteiger partial charge in [-0.05, 0) is 36.5 Å². The summed E-state index contributed by atoms with van der Waals surface area (Å²) in [6.45, 7) is 10.4. The summed E-state index contributed by atoms with van der Waals surface area (Å²) >= 11 is 0. The van der Waals surface area contributed by atoms with Crippen LogP contribution in [0.4, 0.5) is 0 Å². The fraction of sp³-hybridized carbons (Fsp3) is 0.389. The van der Waals surface area contributed by atoms with E-state index in [9.17, 15) is 5.11 Å². The first-order chi connectivity index (χ1) is 9.81. The molecule has 0 spiro atoms. The summed E-state index contributed by atoms with van der Waals surface area (Å²) in [6, 6.07) is 8.09. The number of hydrogen-bond donors (Lipinski definition) is 1. The first-order valence-corrected chi connectivity index (χ1v) is 7.16. The number of nitrogens with zero attached hydrogens (tertiary/aromatic N) is 1. The molecule has 2 rings (SSSR count). The topological polar surface area (TPSA) is 42.4 Å². The van der Waals surface area contributed by atoms with E-state index in [0.29, 0.717) is 11.3 Å². The van der Waals surface area contributed by atoms with Crippen molar-refractivity contribution in [2.45, 2.75) is 46.6 Å². The van der Waals surface area contributed by atoms with Gasteiger partial charge in [-0.3, -0.25) is 4.98 Å². The van der Waals surface area contributed by atoms with Crippen LogP contribution in [-0.4, -0.2) is 10.1 Å². The second-order valence-electron chi connectivity index (χ2n) is 6.42. The summed E-state index contributed by atoms with van der Waals surface area (Å²) in [5.74, 6) is 1.47. The van der Waals surface area contributed by atoms with Crippen LogP contribution in [0.3, 0.4) is 0 Å². The van der Waals surface area contributed by atoms with Gasteiger partial charge in [-0.25, -0.2) is 0 Å². The van der Waals surface area contributed by atoms with Crippen molar-refractivity contribution >= 4 is 0 Å². The Morgan fingerprint density at radius 3 is 2.38 bits per heavy atom. The van der Waals surface area contributed by atoms with Crippen molar-refractivity contribution in [3.05, 3.63) is 52.8 Å². The van der Waals surface area contributed by atoms with Crippen LogP contribution in [-0.2, 0) is 12.0 Å². The Hall–Kier alpha value is -1.87. The maximum absolute atomic E-state index is 9.39. The lowest BCUT2D eigenvalue weighted by molar-refractivity contribution is 0.276. The van der Waals surface area contributed by atoms with Gasteiger partial charge in [0.25, 0.3) is 0 Å². The molecule has 1 N–H and O–H groups in total. The summed E-state index contributed by atoms with van der Waals surface area (Å²) in [4.78, 5) is 4.18. The molecule has 0 saturated heterocycles. The van der Waals surface area contributed by atoms with Gasteiger partial charge >= 0.3 is 0 Å². The molecule has 0 saturated carbocycles. The van der Waals surface area contributed by atoms with E-state index < -0.39 is 0 Å². The molecule has 1 heterocycles. The van der Waals surface area contributed by atoms with Crippen LogP contribution in [0.15, 0.2) is 30.5 Å². The maximum atomic E-state index is 9.39. The summed E-state index contributed by atoms with van der Waals surface area (Å²) in [6.07, 6.45) is 1.66. The highest BCUT2D eigenvalue weighted by molar-refractivity contribution is 5.43. The lowest BCUT2D eigenvalue weighted by Crippen LogP contribution is -2.11. The number of aryl methyl sites for hydroxylation is 2. The lowest BCUT2D eigenvalue weighted by Gasteiger charge is -2.21. The van der Waals surface area contributed by atoms with E-state index in [4.69, 9.17) is 4.74 Å². The molecule has 0 radical (unpaired) electrons. The van der Waals surface area contributed by atoms with Gasteiger partial charge in [-0.1, -0.05) is 32.9 Å². The standard InChI is InChI=1S/C18H23NO2/c1-12-8-15(18(3,4)5)6-7-16(12)21-17-9-13(2)19-10-14(17)11-20/h6-10,20H,11H2,1-5H3. The third-order valence-electron chi connectivity index (χ3n) is 3.51. The average molecular weight is 285 g/mol. The number of benzene rings is 1. The summed E-state index contributed by atoms with van der Waals surface area (Å²) < 4.78 is 5.98. The molecular formula is C18H23NO2. The maximum Gasteiger partial charge on any atom is 0.136 e. The largest absolute Gasteiger partial charge is 0.457 e. The molecule has 1 aromatic heterocycles. The van der Waals surface area contributed by atoms with Gasteiger partial charge in [0.1, 0.15) is 11.5 Å². The minimum atomic E-state index is -0.0816. The van der Waals surface area contributed by atoms with Crippen molar-refractivity contribution in [2.75, 3.05) is 0 Å². The lowest BCUT2D eigenvalue weighted by atomic mass is 9.86. The molecule has 0 unspecified atom stereocenters. The average Bonchev–Trinajstić information content (AvgIpc) is 2.40. The third kappa shape index (κ3) is 3.61. The SMILES string of the molecule is Cc1cc(Oc2ccc(C(C)(C)C)cc2C)c(CO)cn1. The number of ether oxygens (including phenoxy) is 1. The second-order valence-corrected chi connectivity index (χ2v) is 6.42. The molecule has 0 aliphatic carbocycles. The summed E-state index contributed by atoms with van der Waals surface area (Å²) in [7, 11) is 0. The fourth-order valence-corrected chi connectivity index (χ4v) is 2.13. The molecule has 21 heavy (non-hydrogen) atoms. The van der Waals surface area contributed by atoms with Crippen LogP contribution in [0, 0.1) is 13.8 Å². The highest BCUT2D eigenvalue weighted by atomic mass is 16.5. The van der Waals surface area contributed by atoms with Gasteiger partial charge in [0, 0.05) is 23.5 Å². The highest BCUT2D eigenvalue weighted by Crippen LogP contribution is 2.31. The van der Waals surface area contributed by atoms with Crippen molar-refractivity contribution in [1.29, 1.82) is 0 Å². The minimum Gasteiger partial charge on any atom is -0.457 e.